The molecule has 4 aromatic heterocycles. The number of pyridine rings is 2. The molecule has 0 saturated carbocycles. The highest BCUT2D eigenvalue weighted by atomic mass is 32.2. The quantitative estimate of drug-likeness (QED) is 0.310. The maximum atomic E-state index is 6.32. The van der Waals surface area contributed by atoms with E-state index in [1.54, 1.807) is 17.1 Å². The van der Waals surface area contributed by atoms with Gasteiger partial charge in [0, 0.05) is 24.3 Å². The number of imidazole rings is 1. The van der Waals surface area contributed by atoms with E-state index in [0.717, 1.165) is 52.7 Å². The predicted octanol–water partition coefficient (Wildman–Crippen LogP) is 5.47. The number of anilines is 1. The van der Waals surface area contributed by atoms with E-state index < -0.39 is 0 Å². The minimum atomic E-state index is 0.0671. The number of rotatable bonds is 6. The molecule has 0 bridgehead atoms. The van der Waals surface area contributed by atoms with E-state index in [-0.39, 0.29) is 4.08 Å². The number of thioether (sulfide) groups is 2. The van der Waals surface area contributed by atoms with E-state index in [1.165, 1.54) is 11.1 Å². The minimum Gasteiger partial charge on any atom is -0.383 e. The Balaban J connectivity index is 1.62. The fourth-order valence-electron chi connectivity index (χ4n) is 4.88. The molecule has 2 N–H and O–H groups in total. The summed E-state index contributed by atoms with van der Waals surface area (Å²) < 4.78 is 3.93. The van der Waals surface area contributed by atoms with Crippen LogP contribution in [0.3, 0.4) is 0 Å². The molecule has 1 aliphatic rings. The second-order valence-electron chi connectivity index (χ2n) is 8.40. The van der Waals surface area contributed by atoms with Crippen molar-refractivity contribution in [2.75, 3.05) is 17.7 Å². The van der Waals surface area contributed by atoms with Gasteiger partial charge in [0.05, 0.1) is 9.64 Å². The normalized spacial score (nSPS) is 17.2. The van der Waals surface area contributed by atoms with Crippen LogP contribution in [0, 0.1) is 0 Å². The Morgan fingerprint density at radius 1 is 1.09 bits per heavy atom. The number of nitrogens with zero attached hydrogens (tertiary/aromatic N) is 6. The van der Waals surface area contributed by atoms with E-state index in [4.69, 9.17) is 15.7 Å². The zero-order chi connectivity index (χ0) is 24.0. The topological polar surface area (TPSA) is 87.4 Å². The Morgan fingerprint density at radius 2 is 2.00 bits per heavy atom. The van der Waals surface area contributed by atoms with Gasteiger partial charge in [-0.1, -0.05) is 13.0 Å². The third-order valence-electron chi connectivity index (χ3n) is 6.50. The summed E-state index contributed by atoms with van der Waals surface area (Å²) in [5.41, 5.74) is 12.5. The van der Waals surface area contributed by atoms with Gasteiger partial charge in [-0.25, -0.2) is 19.6 Å². The first kappa shape index (κ1) is 22.2. The Hall–Kier alpha value is -3.30. The molecule has 0 spiro atoms. The summed E-state index contributed by atoms with van der Waals surface area (Å²) >= 11 is 3.96. The van der Waals surface area contributed by atoms with Crippen molar-refractivity contribution in [3.05, 3.63) is 78.2 Å². The summed E-state index contributed by atoms with van der Waals surface area (Å²) in [4.78, 5) is 14.3. The summed E-state index contributed by atoms with van der Waals surface area (Å²) in [5.74, 6) is 2.98. The molecule has 176 valence electrons. The van der Waals surface area contributed by atoms with Crippen molar-refractivity contribution < 1.29 is 0 Å². The number of aromatic nitrogens is 6. The average molecular weight is 500 g/mol. The Labute approximate surface area is 212 Å². The number of hydrogen-bond acceptors (Lipinski definition) is 7. The van der Waals surface area contributed by atoms with Gasteiger partial charge in [0.15, 0.2) is 17.3 Å². The van der Waals surface area contributed by atoms with Crippen molar-refractivity contribution in [1.82, 2.24) is 29.3 Å². The maximum absolute atomic E-state index is 6.32. The van der Waals surface area contributed by atoms with E-state index in [9.17, 15) is 0 Å². The lowest BCUT2D eigenvalue weighted by molar-refractivity contribution is 0.838. The predicted molar refractivity (Wildman–Crippen MR) is 145 cm³/mol. The van der Waals surface area contributed by atoms with Crippen molar-refractivity contribution in [2.45, 2.75) is 23.8 Å². The van der Waals surface area contributed by atoms with Crippen molar-refractivity contribution >= 4 is 40.5 Å². The van der Waals surface area contributed by atoms with E-state index in [1.807, 2.05) is 60.1 Å². The number of hydrogen-bond donors (Lipinski definition) is 1. The van der Waals surface area contributed by atoms with Gasteiger partial charge >= 0.3 is 0 Å². The number of nitrogen functional groups attached to an aromatic ring is 1. The standard InChI is InChI=1S/C26H25N7S2/c1-3-35-26(34-2)12-11-17-7-8-18(16-20(17)26)33-24(19-6-4-13-28-23(19)27)30-21-9-10-22(31-25(21)33)32-15-5-14-29-32/h4-10,13-16H,3,11-12H2,1-2H3,(H2,27,28). The molecule has 1 aromatic carbocycles. The molecule has 0 fully saturated rings. The summed E-state index contributed by atoms with van der Waals surface area (Å²) in [6, 6.07) is 16.4. The molecule has 6 rings (SSSR count). The van der Waals surface area contributed by atoms with Gasteiger partial charge < -0.3 is 5.73 Å². The number of fused-ring (bicyclic) bond motifs is 2. The third kappa shape index (κ3) is 3.61. The van der Waals surface area contributed by atoms with Gasteiger partial charge in [0.2, 0.25) is 0 Å². The van der Waals surface area contributed by atoms with Crippen LogP contribution < -0.4 is 5.73 Å². The zero-order valence-corrected chi connectivity index (χ0v) is 21.2. The van der Waals surface area contributed by atoms with E-state index in [2.05, 4.69) is 46.0 Å². The van der Waals surface area contributed by atoms with Crippen LogP contribution in [-0.4, -0.2) is 41.3 Å². The molecule has 0 radical (unpaired) electrons. The molecule has 0 amide bonds. The number of benzene rings is 1. The Morgan fingerprint density at radius 3 is 2.77 bits per heavy atom. The number of nitrogens with two attached hydrogens (primary N) is 1. The molecule has 4 heterocycles. The van der Waals surface area contributed by atoms with Gasteiger partial charge in [-0.3, -0.25) is 4.57 Å². The van der Waals surface area contributed by atoms with Gasteiger partial charge in [-0.05, 0) is 78.4 Å². The first-order chi connectivity index (χ1) is 17.1. The first-order valence-electron chi connectivity index (χ1n) is 11.6. The highest BCUT2D eigenvalue weighted by Crippen LogP contribution is 2.54. The van der Waals surface area contributed by atoms with E-state index >= 15 is 0 Å². The summed E-state index contributed by atoms with van der Waals surface area (Å²) in [6.07, 6.45) is 9.79. The summed E-state index contributed by atoms with van der Waals surface area (Å²) in [6.45, 7) is 2.23. The zero-order valence-electron chi connectivity index (χ0n) is 19.5. The molecular formula is C26H25N7S2. The SMILES string of the molecule is CCSC1(SC)CCc2ccc(-n3c(-c4cccnc4N)nc4ccc(-n5cccn5)nc43)cc21. The van der Waals surface area contributed by atoms with Crippen LogP contribution in [0.25, 0.3) is 34.1 Å². The van der Waals surface area contributed by atoms with Crippen LogP contribution >= 0.6 is 23.5 Å². The largest absolute Gasteiger partial charge is 0.383 e. The molecule has 7 nitrogen and oxygen atoms in total. The summed E-state index contributed by atoms with van der Waals surface area (Å²) in [7, 11) is 0. The Kier molecular flexibility index (Phi) is 5.53. The molecule has 1 aliphatic carbocycles. The van der Waals surface area contributed by atoms with Gasteiger partial charge in [0.25, 0.3) is 0 Å². The lowest BCUT2D eigenvalue weighted by Crippen LogP contribution is -2.14. The molecule has 35 heavy (non-hydrogen) atoms. The van der Waals surface area contributed by atoms with Crippen LogP contribution in [0.2, 0.25) is 0 Å². The number of aryl methyl sites for hydroxylation is 1. The van der Waals surface area contributed by atoms with Crippen molar-refractivity contribution in [3.63, 3.8) is 0 Å². The molecule has 1 unspecified atom stereocenters. The molecule has 5 aromatic rings. The minimum absolute atomic E-state index is 0.0671. The lowest BCUT2D eigenvalue weighted by atomic mass is 10.1. The van der Waals surface area contributed by atoms with Crippen LogP contribution in [0.1, 0.15) is 24.5 Å². The third-order valence-corrected chi connectivity index (χ3v) is 9.62. The van der Waals surface area contributed by atoms with Crippen LogP contribution in [-0.2, 0) is 10.5 Å². The van der Waals surface area contributed by atoms with Gasteiger partial charge in [-0.2, -0.15) is 5.10 Å². The molecule has 9 heteroatoms. The van der Waals surface area contributed by atoms with E-state index in [0.29, 0.717) is 5.82 Å². The van der Waals surface area contributed by atoms with Crippen molar-refractivity contribution in [2.24, 2.45) is 0 Å². The fraction of sp³-hybridized carbons (Fsp3) is 0.231. The van der Waals surface area contributed by atoms with Crippen molar-refractivity contribution in [3.8, 4) is 22.9 Å². The lowest BCUT2D eigenvalue weighted by Gasteiger charge is -2.28. The van der Waals surface area contributed by atoms with Gasteiger partial charge in [-0.15, -0.1) is 23.5 Å². The monoisotopic (exact) mass is 499 g/mol. The van der Waals surface area contributed by atoms with Crippen LogP contribution in [0.15, 0.2) is 67.1 Å². The highest BCUT2D eigenvalue weighted by molar-refractivity contribution is 8.17. The molecule has 1 atom stereocenters. The van der Waals surface area contributed by atoms with Crippen LogP contribution in [0.4, 0.5) is 5.82 Å². The second-order valence-corrected chi connectivity index (χ2v) is 11.3. The molecular weight excluding hydrogens is 474 g/mol. The summed E-state index contributed by atoms with van der Waals surface area (Å²) in [5, 5.41) is 4.36. The fourth-order valence-corrected chi connectivity index (χ4v) is 7.47. The van der Waals surface area contributed by atoms with Crippen LogP contribution in [0.5, 0.6) is 0 Å². The second kappa shape index (κ2) is 8.73. The first-order valence-corrected chi connectivity index (χ1v) is 13.8. The molecule has 0 aliphatic heterocycles. The Bertz CT molecular complexity index is 1520. The van der Waals surface area contributed by atoms with Crippen molar-refractivity contribution in [1.29, 1.82) is 0 Å². The van der Waals surface area contributed by atoms with Gasteiger partial charge in [0.1, 0.15) is 11.3 Å². The average Bonchev–Trinajstić information content (AvgIpc) is 3.62. The smallest absolute Gasteiger partial charge is 0.167 e. The highest BCUT2D eigenvalue weighted by Gasteiger charge is 2.38. The molecule has 0 saturated heterocycles. The maximum Gasteiger partial charge on any atom is 0.167 e.